The Hall–Kier alpha value is -2.48. The number of hydrogen-bond donors (Lipinski definition) is 2. The highest BCUT2D eigenvalue weighted by Gasteiger charge is 2.22. The molecule has 0 aliphatic carbocycles. The average Bonchev–Trinajstić information content (AvgIpc) is 2.72. The fourth-order valence-electron chi connectivity index (χ4n) is 3.84. The zero-order valence-corrected chi connectivity index (χ0v) is 17.0. The molecule has 0 unspecified atom stereocenters. The summed E-state index contributed by atoms with van der Waals surface area (Å²) in [4.78, 5) is 24.6. The maximum atomic E-state index is 11.4. The molecule has 28 heavy (non-hydrogen) atoms. The lowest BCUT2D eigenvalue weighted by molar-refractivity contribution is -0.130. The molecule has 0 atom stereocenters. The summed E-state index contributed by atoms with van der Waals surface area (Å²) >= 11 is 0. The Balaban J connectivity index is 1.40. The van der Waals surface area contributed by atoms with Gasteiger partial charge < -0.3 is 25.1 Å². The van der Waals surface area contributed by atoms with Crippen LogP contribution in [0.2, 0.25) is 0 Å². The molecule has 0 aromatic heterocycles. The van der Waals surface area contributed by atoms with Crippen molar-refractivity contribution in [1.29, 1.82) is 0 Å². The van der Waals surface area contributed by atoms with Gasteiger partial charge in [0, 0.05) is 79.4 Å². The van der Waals surface area contributed by atoms with E-state index in [4.69, 9.17) is 0 Å². The van der Waals surface area contributed by atoms with Gasteiger partial charge in [0.25, 0.3) is 0 Å². The number of hydrogen-bond acceptors (Lipinski definition) is 5. The minimum Gasteiger partial charge on any atom is -0.506 e. The predicted octanol–water partition coefficient (Wildman–Crippen LogP) is 0.254. The number of anilines is 1. The van der Waals surface area contributed by atoms with Gasteiger partial charge >= 0.3 is 0 Å². The summed E-state index contributed by atoms with van der Waals surface area (Å²) in [5.74, 6) is 1.43. The molecule has 3 rings (SSSR count). The van der Waals surface area contributed by atoms with Gasteiger partial charge in [-0.3, -0.25) is 14.7 Å². The molecule has 0 saturated carbocycles. The minimum atomic E-state index is 0.168. The van der Waals surface area contributed by atoms with Crippen molar-refractivity contribution in [2.24, 2.45) is 4.99 Å². The second-order valence-corrected chi connectivity index (χ2v) is 7.28. The summed E-state index contributed by atoms with van der Waals surface area (Å²) < 4.78 is 0. The van der Waals surface area contributed by atoms with Crippen molar-refractivity contribution >= 4 is 17.6 Å². The van der Waals surface area contributed by atoms with Crippen LogP contribution in [0, 0.1) is 0 Å². The molecule has 0 bridgehead atoms. The molecular formula is C20H32N6O2. The molecule has 0 radical (unpaired) electrons. The Morgan fingerprint density at radius 2 is 1.68 bits per heavy atom. The summed E-state index contributed by atoms with van der Waals surface area (Å²) in [5, 5.41) is 13.5. The smallest absolute Gasteiger partial charge is 0.219 e. The van der Waals surface area contributed by atoms with E-state index in [2.05, 4.69) is 25.0 Å². The molecule has 154 valence electrons. The SMILES string of the molecule is CN=C(NCCN1CCN(C(C)=O)CC1)N1CCN(c2ccccc2O)CC1. The van der Waals surface area contributed by atoms with Crippen LogP contribution < -0.4 is 10.2 Å². The van der Waals surface area contributed by atoms with Gasteiger partial charge in [0.15, 0.2) is 5.96 Å². The number of carbonyl (C=O) groups excluding carboxylic acids is 1. The third kappa shape index (κ3) is 5.07. The van der Waals surface area contributed by atoms with E-state index in [0.29, 0.717) is 5.75 Å². The molecular weight excluding hydrogens is 356 g/mol. The fourth-order valence-corrected chi connectivity index (χ4v) is 3.84. The molecule has 1 amide bonds. The molecule has 0 spiro atoms. The number of carbonyl (C=O) groups is 1. The lowest BCUT2D eigenvalue weighted by Gasteiger charge is -2.38. The Kier molecular flexibility index (Phi) is 6.97. The van der Waals surface area contributed by atoms with Gasteiger partial charge in [0.1, 0.15) is 5.75 Å². The highest BCUT2D eigenvalue weighted by Crippen LogP contribution is 2.27. The molecule has 2 fully saturated rings. The molecule has 1 aromatic carbocycles. The second-order valence-electron chi connectivity index (χ2n) is 7.28. The summed E-state index contributed by atoms with van der Waals surface area (Å²) in [6.07, 6.45) is 0. The van der Waals surface area contributed by atoms with Crippen LogP contribution in [0.25, 0.3) is 0 Å². The van der Waals surface area contributed by atoms with Gasteiger partial charge in [0.2, 0.25) is 5.91 Å². The quantitative estimate of drug-likeness (QED) is 0.569. The zero-order chi connectivity index (χ0) is 19.9. The number of nitrogens with one attached hydrogen (secondary N) is 1. The van der Waals surface area contributed by atoms with Crippen LogP contribution >= 0.6 is 0 Å². The second kappa shape index (κ2) is 9.64. The van der Waals surface area contributed by atoms with Crippen LogP contribution in [0.1, 0.15) is 6.92 Å². The number of nitrogens with zero attached hydrogens (tertiary/aromatic N) is 5. The van der Waals surface area contributed by atoms with Gasteiger partial charge in [-0.1, -0.05) is 12.1 Å². The first-order valence-electron chi connectivity index (χ1n) is 10.0. The number of phenolic OH excluding ortho intramolecular Hbond substituents is 1. The van der Waals surface area contributed by atoms with Crippen molar-refractivity contribution in [3.8, 4) is 5.75 Å². The van der Waals surface area contributed by atoms with Gasteiger partial charge in [-0.25, -0.2) is 0 Å². The van der Waals surface area contributed by atoms with E-state index in [1.165, 1.54) is 0 Å². The van der Waals surface area contributed by atoms with Crippen LogP contribution in [0.3, 0.4) is 0 Å². The van der Waals surface area contributed by atoms with Gasteiger partial charge in [-0.15, -0.1) is 0 Å². The van der Waals surface area contributed by atoms with E-state index in [9.17, 15) is 9.90 Å². The van der Waals surface area contributed by atoms with Crippen LogP contribution in [0.4, 0.5) is 5.69 Å². The first-order chi connectivity index (χ1) is 13.6. The van der Waals surface area contributed by atoms with E-state index in [0.717, 1.165) is 77.1 Å². The molecule has 2 heterocycles. The Labute approximate surface area is 167 Å². The Bertz CT molecular complexity index is 679. The topological polar surface area (TPSA) is 74.7 Å². The molecule has 2 N–H and O–H groups in total. The van der Waals surface area contributed by atoms with Crippen LogP contribution in [-0.2, 0) is 4.79 Å². The fraction of sp³-hybridized carbons (Fsp3) is 0.600. The lowest BCUT2D eigenvalue weighted by atomic mass is 10.2. The van der Waals surface area contributed by atoms with Gasteiger partial charge in [0.05, 0.1) is 5.69 Å². The number of rotatable bonds is 4. The van der Waals surface area contributed by atoms with Crippen molar-refractivity contribution in [1.82, 2.24) is 20.0 Å². The van der Waals surface area contributed by atoms with E-state index in [1.807, 2.05) is 30.1 Å². The van der Waals surface area contributed by atoms with Gasteiger partial charge in [-0.05, 0) is 12.1 Å². The lowest BCUT2D eigenvalue weighted by Crippen LogP contribution is -2.54. The number of piperazine rings is 2. The number of aromatic hydroxyl groups is 1. The van der Waals surface area contributed by atoms with E-state index in [-0.39, 0.29) is 5.91 Å². The van der Waals surface area contributed by atoms with Crippen molar-refractivity contribution in [2.45, 2.75) is 6.92 Å². The number of benzene rings is 1. The largest absolute Gasteiger partial charge is 0.506 e. The maximum absolute atomic E-state index is 11.4. The standard InChI is InChI=1S/C20H32N6O2/c1-17(27)24-11-9-23(10-12-24)8-7-22-20(21-2)26-15-13-25(14-16-26)18-5-3-4-6-19(18)28/h3-6,28H,7-16H2,1-2H3,(H,21,22). The Morgan fingerprint density at radius 1 is 1.04 bits per heavy atom. The number of para-hydroxylation sites is 2. The summed E-state index contributed by atoms with van der Waals surface area (Å²) in [6, 6.07) is 7.50. The van der Waals surface area contributed by atoms with Gasteiger partial charge in [-0.2, -0.15) is 0 Å². The van der Waals surface area contributed by atoms with Crippen molar-refractivity contribution in [3.05, 3.63) is 24.3 Å². The highest BCUT2D eigenvalue weighted by atomic mass is 16.3. The van der Waals surface area contributed by atoms with Crippen LogP contribution in [-0.4, -0.2) is 104 Å². The third-order valence-electron chi connectivity index (χ3n) is 5.54. The van der Waals surface area contributed by atoms with Crippen LogP contribution in [0.15, 0.2) is 29.3 Å². The monoisotopic (exact) mass is 388 g/mol. The van der Waals surface area contributed by atoms with Crippen molar-refractivity contribution < 1.29 is 9.90 Å². The maximum Gasteiger partial charge on any atom is 0.219 e. The molecule has 2 aliphatic rings. The molecule has 8 nitrogen and oxygen atoms in total. The molecule has 8 heteroatoms. The summed E-state index contributed by atoms with van der Waals surface area (Å²) in [5.41, 5.74) is 0.898. The highest BCUT2D eigenvalue weighted by molar-refractivity contribution is 5.80. The van der Waals surface area contributed by atoms with Crippen molar-refractivity contribution in [3.63, 3.8) is 0 Å². The third-order valence-corrected chi connectivity index (χ3v) is 5.54. The zero-order valence-electron chi connectivity index (χ0n) is 17.0. The number of guanidine groups is 1. The van der Waals surface area contributed by atoms with E-state index < -0.39 is 0 Å². The summed E-state index contributed by atoms with van der Waals surface area (Å²) in [6.45, 7) is 10.4. The number of phenols is 1. The van der Waals surface area contributed by atoms with E-state index in [1.54, 1.807) is 13.0 Å². The van der Waals surface area contributed by atoms with Crippen LogP contribution in [0.5, 0.6) is 5.75 Å². The minimum absolute atomic E-state index is 0.168. The first-order valence-corrected chi connectivity index (χ1v) is 10.0. The number of aliphatic imine (C=N–C) groups is 1. The molecule has 2 aliphatic heterocycles. The number of amides is 1. The molecule has 1 aromatic rings. The van der Waals surface area contributed by atoms with Crippen molar-refractivity contribution in [2.75, 3.05) is 77.4 Å². The molecule has 2 saturated heterocycles. The van der Waals surface area contributed by atoms with E-state index >= 15 is 0 Å². The average molecular weight is 389 g/mol. The normalized spacial score (nSPS) is 19.1. The predicted molar refractivity (Wildman–Crippen MR) is 112 cm³/mol. The summed E-state index contributed by atoms with van der Waals surface area (Å²) in [7, 11) is 1.82. The Morgan fingerprint density at radius 3 is 2.29 bits per heavy atom. The first kappa shape index (κ1) is 20.3.